The van der Waals surface area contributed by atoms with Crippen LogP contribution in [0.4, 0.5) is 0 Å². The Morgan fingerprint density at radius 2 is 1.72 bits per heavy atom. The SMILES string of the molecule is CCC1CCCC(N(CCCN)C2CCCC2)C1. The van der Waals surface area contributed by atoms with E-state index in [1.807, 2.05) is 0 Å². The third-order valence-corrected chi connectivity index (χ3v) is 5.22. The fraction of sp³-hybridized carbons (Fsp3) is 1.00. The summed E-state index contributed by atoms with van der Waals surface area (Å²) >= 11 is 0. The first kappa shape index (κ1) is 14.3. The van der Waals surface area contributed by atoms with Gasteiger partial charge >= 0.3 is 0 Å². The molecule has 2 saturated carbocycles. The van der Waals surface area contributed by atoms with Crippen molar-refractivity contribution >= 4 is 0 Å². The van der Waals surface area contributed by atoms with E-state index in [0.29, 0.717) is 0 Å². The van der Waals surface area contributed by atoms with E-state index in [4.69, 9.17) is 5.73 Å². The van der Waals surface area contributed by atoms with Gasteiger partial charge in [-0.1, -0.05) is 39.0 Å². The highest BCUT2D eigenvalue weighted by molar-refractivity contribution is 4.86. The van der Waals surface area contributed by atoms with Gasteiger partial charge in [0, 0.05) is 12.1 Å². The van der Waals surface area contributed by atoms with E-state index in [0.717, 1.165) is 24.5 Å². The quantitative estimate of drug-likeness (QED) is 0.783. The molecule has 0 aromatic carbocycles. The van der Waals surface area contributed by atoms with E-state index >= 15 is 0 Å². The average Bonchev–Trinajstić information content (AvgIpc) is 2.93. The summed E-state index contributed by atoms with van der Waals surface area (Å²) in [4.78, 5) is 2.86. The fourth-order valence-corrected chi connectivity index (χ4v) is 4.11. The summed E-state index contributed by atoms with van der Waals surface area (Å²) in [7, 11) is 0. The second kappa shape index (κ2) is 7.49. The van der Waals surface area contributed by atoms with Crippen LogP contribution in [0.2, 0.25) is 0 Å². The molecule has 2 nitrogen and oxygen atoms in total. The predicted octanol–water partition coefficient (Wildman–Crippen LogP) is 3.55. The second-order valence-electron chi connectivity index (χ2n) is 6.41. The van der Waals surface area contributed by atoms with Crippen molar-refractivity contribution in [1.29, 1.82) is 0 Å². The van der Waals surface area contributed by atoms with Gasteiger partial charge in [0.2, 0.25) is 0 Å². The largest absolute Gasteiger partial charge is 0.330 e. The highest BCUT2D eigenvalue weighted by atomic mass is 15.2. The first-order chi connectivity index (χ1) is 8.85. The predicted molar refractivity (Wildman–Crippen MR) is 78.7 cm³/mol. The molecular weight excluding hydrogens is 220 g/mol. The van der Waals surface area contributed by atoms with Gasteiger partial charge in [-0.2, -0.15) is 0 Å². The Morgan fingerprint density at radius 3 is 2.39 bits per heavy atom. The molecule has 106 valence electrons. The Balaban J connectivity index is 1.93. The van der Waals surface area contributed by atoms with Crippen molar-refractivity contribution in [3.8, 4) is 0 Å². The molecule has 0 bridgehead atoms. The van der Waals surface area contributed by atoms with Crippen LogP contribution in [0.5, 0.6) is 0 Å². The highest BCUT2D eigenvalue weighted by Gasteiger charge is 2.31. The zero-order valence-corrected chi connectivity index (χ0v) is 12.2. The van der Waals surface area contributed by atoms with Crippen LogP contribution in [0.1, 0.15) is 71.1 Å². The first-order valence-corrected chi connectivity index (χ1v) is 8.31. The standard InChI is InChI=1S/C16H32N2/c1-2-14-7-5-10-16(13-14)18(12-6-11-17)15-8-3-4-9-15/h14-16H,2-13,17H2,1H3. The monoisotopic (exact) mass is 252 g/mol. The van der Waals surface area contributed by atoms with Crippen LogP contribution in [0, 0.1) is 5.92 Å². The summed E-state index contributed by atoms with van der Waals surface area (Å²) in [6, 6.07) is 1.76. The molecule has 0 aliphatic heterocycles. The summed E-state index contributed by atoms with van der Waals surface area (Å²) in [6.07, 6.45) is 14.2. The zero-order valence-electron chi connectivity index (χ0n) is 12.2. The minimum absolute atomic E-state index is 0.854. The lowest BCUT2D eigenvalue weighted by atomic mass is 9.83. The molecule has 0 saturated heterocycles. The molecule has 2 atom stereocenters. The van der Waals surface area contributed by atoms with E-state index in [9.17, 15) is 0 Å². The Bertz CT molecular complexity index is 223. The van der Waals surface area contributed by atoms with Crippen LogP contribution in [0.3, 0.4) is 0 Å². The van der Waals surface area contributed by atoms with Gasteiger partial charge in [0.15, 0.2) is 0 Å². The smallest absolute Gasteiger partial charge is 0.0101 e. The molecule has 2 heteroatoms. The van der Waals surface area contributed by atoms with Crippen LogP contribution in [0.25, 0.3) is 0 Å². The molecule has 0 amide bonds. The van der Waals surface area contributed by atoms with Gasteiger partial charge in [-0.25, -0.2) is 0 Å². The lowest BCUT2D eigenvalue weighted by Gasteiger charge is -2.41. The topological polar surface area (TPSA) is 29.3 Å². The Kier molecular flexibility index (Phi) is 5.97. The van der Waals surface area contributed by atoms with Gasteiger partial charge in [-0.3, -0.25) is 4.90 Å². The van der Waals surface area contributed by atoms with Crippen LogP contribution in [-0.4, -0.2) is 30.1 Å². The molecule has 2 fully saturated rings. The maximum atomic E-state index is 5.73. The summed E-state index contributed by atoms with van der Waals surface area (Å²) in [5, 5.41) is 0. The van der Waals surface area contributed by atoms with Crippen molar-refractivity contribution < 1.29 is 0 Å². The summed E-state index contributed by atoms with van der Waals surface area (Å²) in [5.41, 5.74) is 5.73. The molecule has 2 aliphatic carbocycles. The van der Waals surface area contributed by atoms with Gasteiger partial charge in [0.25, 0.3) is 0 Å². The van der Waals surface area contributed by atoms with Gasteiger partial charge in [-0.15, -0.1) is 0 Å². The Morgan fingerprint density at radius 1 is 1.00 bits per heavy atom. The van der Waals surface area contributed by atoms with Crippen molar-refractivity contribution in [3.05, 3.63) is 0 Å². The maximum absolute atomic E-state index is 5.73. The fourth-order valence-electron chi connectivity index (χ4n) is 4.11. The number of nitrogens with two attached hydrogens (primary N) is 1. The summed E-state index contributed by atoms with van der Waals surface area (Å²) < 4.78 is 0. The van der Waals surface area contributed by atoms with Gasteiger partial charge in [-0.05, 0) is 51.1 Å². The molecule has 0 heterocycles. The molecule has 0 spiro atoms. The molecule has 0 aromatic heterocycles. The van der Waals surface area contributed by atoms with Crippen LogP contribution in [0.15, 0.2) is 0 Å². The molecular formula is C16H32N2. The van der Waals surface area contributed by atoms with Gasteiger partial charge in [0.1, 0.15) is 0 Å². The van der Waals surface area contributed by atoms with E-state index in [1.165, 1.54) is 70.8 Å². The van der Waals surface area contributed by atoms with Crippen molar-refractivity contribution in [2.45, 2.75) is 83.2 Å². The molecule has 0 radical (unpaired) electrons. The van der Waals surface area contributed by atoms with Crippen LogP contribution >= 0.6 is 0 Å². The van der Waals surface area contributed by atoms with Crippen molar-refractivity contribution in [2.75, 3.05) is 13.1 Å². The number of hydrogen-bond acceptors (Lipinski definition) is 2. The third-order valence-electron chi connectivity index (χ3n) is 5.22. The number of rotatable bonds is 6. The minimum Gasteiger partial charge on any atom is -0.330 e. The highest BCUT2D eigenvalue weighted by Crippen LogP contribution is 2.34. The lowest BCUT2D eigenvalue weighted by molar-refractivity contribution is 0.0855. The number of hydrogen-bond donors (Lipinski definition) is 1. The second-order valence-corrected chi connectivity index (χ2v) is 6.41. The van der Waals surface area contributed by atoms with E-state index in [-0.39, 0.29) is 0 Å². The van der Waals surface area contributed by atoms with Crippen LogP contribution < -0.4 is 5.73 Å². The van der Waals surface area contributed by atoms with E-state index < -0.39 is 0 Å². The minimum atomic E-state index is 0.854. The van der Waals surface area contributed by atoms with Crippen LogP contribution in [-0.2, 0) is 0 Å². The normalized spacial score (nSPS) is 30.2. The average molecular weight is 252 g/mol. The van der Waals surface area contributed by atoms with Gasteiger partial charge in [0.05, 0.1) is 0 Å². The molecule has 2 unspecified atom stereocenters. The zero-order chi connectivity index (χ0) is 12.8. The third kappa shape index (κ3) is 3.71. The van der Waals surface area contributed by atoms with Gasteiger partial charge < -0.3 is 5.73 Å². The van der Waals surface area contributed by atoms with Crippen molar-refractivity contribution in [2.24, 2.45) is 11.7 Å². The molecule has 2 N–H and O–H groups in total. The van der Waals surface area contributed by atoms with E-state index in [2.05, 4.69) is 11.8 Å². The first-order valence-electron chi connectivity index (χ1n) is 8.31. The lowest BCUT2D eigenvalue weighted by Crippen LogP contribution is -2.45. The molecule has 0 aromatic rings. The van der Waals surface area contributed by atoms with E-state index in [1.54, 1.807) is 0 Å². The van der Waals surface area contributed by atoms with Crippen molar-refractivity contribution in [1.82, 2.24) is 4.90 Å². The Labute approximate surface area is 113 Å². The summed E-state index contributed by atoms with van der Waals surface area (Å²) in [6.45, 7) is 4.47. The Hall–Kier alpha value is -0.0800. The number of nitrogens with zero attached hydrogens (tertiary/aromatic N) is 1. The maximum Gasteiger partial charge on any atom is 0.0101 e. The molecule has 2 aliphatic rings. The molecule has 2 rings (SSSR count). The van der Waals surface area contributed by atoms with Crippen molar-refractivity contribution in [3.63, 3.8) is 0 Å². The molecule has 18 heavy (non-hydrogen) atoms. The summed E-state index contributed by atoms with van der Waals surface area (Å²) in [5.74, 6) is 0.991.